The molecule has 0 radical (unpaired) electrons. The highest BCUT2D eigenvalue weighted by molar-refractivity contribution is 9.10. The van der Waals surface area contributed by atoms with Crippen molar-refractivity contribution in [3.8, 4) is 0 Å². The van der Waals surface area contributed by atoms with Crippen molar-refractivity contribution in [3.63, 3.8) is 0 Å². The maximum absolute atomic E-state index is 13.9. The fourth-order valence-corrected chi connectivity index (χ4v) is 3.44. The van der Waals surface area contributed by atoms with Gasteiger partial charge < -0.3 is 10.0 Å². The largest absolute Gasteiger partial charge is 0.478 e. The topological polar surface area (TPSA) is 40.5 Å². The summed E-state index contributed by atoms with van der Waals surface area (Å²) >= 11 is 5.01. The minimum Gasteiger partial charge on any atom is -0.478 e. The summed E-state index contributed by atoms with van der Waals surface area (Å²) in [7, 11) is 1.85. The van der Waals surface area contributed by atoms with Crippen LogP contribution in [0.25, 0.3) is 6.08 Å². The first-order valence-corrected chi connectivity index (χ1v) is 7.78. The molecule has 0 fully saturated rings. The first-order valence-electron chi connectivity index (χ1n) is 6.11. The second-order valence-electron chi connectivity index (χ2n) is 4.43. The van der Waals surface area contributed by atoms with Crippen molar-refractivity contribution >= 4 is 45.0 Å². The first-order chi connectivity index (χ1) is 9.97. The van der Waals surface area contributed by atoms with Crippen molar-refractivity contribution in [2.45, 2.75) is 6.54 Å². The molecule has 0 bridgehead atoms. The van der Waals surface area contributed by atoms with E-state index in [-0.39, 0.29) is 5.56 Å². The molecule has 0 unspecified atom stereocenters. The SMILES string of the molecule is CN(Cc1cc(Br)cs1)c1cccc(F)c1/C=C/C(=O)O. The van der Waals surface area contributed by atoms with Crippen molar-refractivity contribution in [3.05, 3.63) is 56.5 Å². The lowest BCUT2D eigenvalue weighted by Crippen LogP contribution is -2.17. The summed E-state index contributed by atoms with van der Waals surface area (Å²) < 4.78 is 14.9. The van der Waals surface area contributed by atoms with Crippen molar-refractivity contribution in [1.29, 1.82) is 0 Å². The average molecular weight is 370 g/mol. The van der Waals surface area contributed by atoms with E-state index in [1.807, 2.05) is 23.4 Å². The van der Waals surface area contributed by atoms with E-state index in [9.17, 15) is 9.18 Å². The van der Waals surface area contributed by atoms with E-state index in [0.717, 1.165) is 15.4 Å². The monoisotopic (exact) mass is 369 g/mol. The molecule has 1 N–H and O–H groups in total. The van der Waals surface area contributed by atoms with Crippen LogP contribution in [0.15, 0.2) is 40.2 Å². The van der Waals surface area contributed by atoms with E-state index in [1.165, 1.54) is 12.1 Å². The third-order valence-corrected chi connectivity index (χ3v) is 4.53. The number of hydrogen-bond donors (Lipinski definition) is 1. The van der Waals surface area contributed by atoms with E-state index in [4.69, 9.17) is 5.11 Å². The van der Waals surface area contributed by atoms with Crippen molar-refractivity contribution < 1.29 is 14.3 Å². The quantitative estimate of drug-likeness (QED) is 0.794. The Morgan fingerprint density at radius 2 is 2.29 bits per heavy atom. The lowest BCUT2D eigenvalue weighted by Gasteiger charge is -2.21. The van der Waals surface area contributed by atoms with Crippen LogP contribution < -0.4 is 4.90 Å². The van der Waals surface area contributed by atoms with E-state index in [0.29, 0.717) is 12.2 Å². The summed E-state index contributed by atoms with van der Waals surface area (Å²) in [5, 5.41) is 10.7. The molecule has 0 aliphatic rings. The summed E-state index contributed by atoms with van der Waals surface area (Å²) in [6.07, 6.45) is 2.23. The smallest absolute Gasteiger partial charge is 0.328 e. The summed E-state index contributed by atoms with van der Waals surface area (Å²) in [4.78, 5) is 13.7. The minimum absolute atomic E-state index is 0.276. The Morgan fingerprint density at radius 3 is 2.90 bits per heavy atom. The predicted molar refractivity (Wildman–Crippen MR) is 87.2 cm³/mol. The number of hydrogen-bond acceptors (Lipinski definition) is 3. The Bertz CT molecular complexity index is 684. The number of thiophene rings is 1. The number of halogens is 2. The predicted octanol–water partition coefficient (Wildman–Crippen LogP) is 4.38. The Morgan fingerprint density at radius 1 is 1.52 bits per heavy atom. The van der Waals surface area contributed by atoms with Gasteiger partial charge in [0, 0.05) is 39.1 Å². The van der Waals surface area contributed by atoms with Gasteiger partial charge in [0.1, 0.15) is 5.82 Å². The fourth-order valence-electron chi connectivity index (χ4n) is 1.93. The molecule has 1 heterocycles. The highest BCUT2D eigenvalue weighted by Gasteiger charge is 2.11. The van der Waals surface area contributed by atoms with Gasteiger partial charge in [0.15, 0.2) is 0 Å². The molecular weight excluding hydrogens is 357 g/mol. The van der Waals surface area contributed by atoms with Crippen LogP contribution in [0.3, 0.4) is 0 Å². The fraction of sp³-hybridized carbons (Fsp3) is 0.133. The Kier molecular flexibility index (Phi) is 5.14. The molecule has 21 heavy (non-hydrogen) atoms. The molecule has 0 spiro atoms. The summed E-state index contributed by atoms with van der Waals surface area (Å²) in [5.41, 5.74) is 0.926. The number of carboxylic acids is 1. The van der Waals surface area contributed by atoms with Gasteiger partial charge in [-0.15, -0.1) is 11.3 Å². The zero-order chi connectivity index (χ0) is 15.4. The Hall–Kier alpha value is -1.66. The molecule has 0 aliphatic carbocycles. The molecule has 1 aromatic heterocycles. The van der Waals surface area contributed by atoms with Crippen LogP contribution in [0.4, 0.5) is 10.1 Å². The van der Waals surface area contributed by atoms with Crippen LogP contribution in [0, 0.1) is 5.82 Å². The Labute approximate surface area is 134 Å². The van der Waals surface area contributed by atoms with Crippen LogP contribution >= 0.6 is 27.3 Å². The lowest BCUT2D eigenvalue weighted by molar-refractivity contribution is -0.131. The van der Waals surface area contributed by atoms with Gasteiger partial charge >= 0.3 is 5.97 Å². The van der Waals surface area contributed by atoms with Gasteiger partial charge in [0.25, 0.3) is 0 Å². The molecule has 0 atom stereocenters. The molecule has 2 rings (SSSR count). The van der Waals surface area contributed by atoms with Gasteiger partial charge in [-0.2, -0.15) is 0 Å². The first kappa shape index (κ1) is 15.7. The second kappa shape index (κ2) is 6.87. The summed E-state index contributed by atoms with van der Waals surface area (Å²) in [5.74, 6) is -1.54. The zero-order valence-electron chi connectivity index (χ0n) is 11.2. The van der Waals surface area contributed by atoms with Crippen LogP contribution in [-0.4, -0.2) is 18.1 Å². The normalized spacial score (nSPS) is 11.0. The van der Waals surface area contributed by atoms with E-state index in [1.54, 1.807) is 23.5 Å². The van der Waals surface area contributed by atoms with Gasteiger partial charge in [0.05, 0.1) is 6.54 Å². The summed E-state index contributed by atoms with van der Waals surface area (Å²) in [6.45, 7) is 0.619. The standard InChI is InChI=1S/C15H13BrFNO2S/c1-18(8-11-7-10(16)9-21-11)14-4-2-3-13(17)12(14)5-6-15(19)20/h2-7,9H,8H2,1H3,(H,19,20)/b6-5+. The van der Waals surface area contributed by atoms with Crippen molar-refractivity contribution in [2.24, 2.45) is 0 Å². The molecular formula is C15H13BrFNO2S. The number of anilines is 1. The third kappa shape index (κ3) is 4.15. The maximum Gasteiger partial charge on any atom is 0.328 e. The molecule has 110 valence electrons. The van der Waals surface area contributed by atoms with Crippen molar-refractivity contribution in [1.82, 2.24) is 0 Å². The number of nitrogens with zero attached hydrogens (tertiary/aromatic N) is 1. The van der Waals surface area contributed by atoms with E-state index >= 15 is 0 Å². The zero-order valence-corrected chi connectivity index (χ0v) is 13.6. The maximum atomic E-state index is 13.9. The lowest BCUT2D eigenvalue weighted by atomic mass is 10.1. The van der Waals surface area contributed by atoms with Crippen LogP contribution in [-0.2, 0) is 11.3 Å². The van der Waals surface area contributed by atoms with Gasteiger partial charge in [-0.25, -0.2) is 9.18 Å². The van der Waals surface area contributed by atoms with Gasteiger partial charge in [0.2, 0.25) is 0 Å². The Balaban J connectivity index is 2.29. The molecule has 0 aliphatic heterocycles. The summed E-state index contributed by atoms with van der Waals surface area (Å²) in [6, 6.07) is 6.71. The van der Waals surface area contributed by atoms with Crippen LogP contribution in [0.1, 0.15) is 10.4 Å². The number of carboxylic acid groups (broad SMARTS) is 1. The average Bonchev–Trinajstić information content (AvgIpc) is 2.82. The van der Waals surface area contributed by atoms with Gasteiger partial charge in [-0.05, 0) is 40.2 Å². The molecule has 1 aromatic carbocycles. The highest BCUT2D eigenvalue weighted by Crippen LogP contribution is 2.27. The van der Waals surface area contributed by atoms with Gasteiger partial charge in [-0.3, -0.25) is 0 Å². The number of benzene rings is 1. The third-order valence-electron chi connectivity index (χ3n) is 2.85. The second-order valence-corrected chi connectivity index (χ2v) is 6.34. The van der Waals surface area contributed by atoms with E-state index in [2.05, 4.69) is 15.9 Å². The number of rotatable bonds is 5. The van der Waals surface area contributed by atoms with Crippen LogP contribution in [0.5, 0.6) is 0 Å². The molecule has 0 saturated carbocycles. The molecule has 0 saturated heterocycles. The van der Waals surface area contributed by atoms with Crippen LogP contribution in [0.2, 0.25) is 0 Å². The van der Waals surface area contributed by atoms with E-state index < -0.39 is 11.8 Å². The molecule has 0 amide bonds. The molecule has 2 aromatic rings. The number of aliphatic carboxylic acids is 1. The van der Waals surface area contributed by atoms with Gasteiger partial charge in [-0.1, -0.05) is 6.07 Å². The minimum atomic E-state index is -1.10. The highest BCUT2D eigenvalue weighted by atomic mass is 79.9. The molecule has 6 heteroatoms. The number of carbonyl (C=O) groups is 1. The molecule has 3 nitrogen and oxygen atoms in total. The van der Waals surface area contributed by atoms with Crippen molar-refractivity contribution in [2.75, 3.05) is 11.9 Å².